The lowest BCUT2D eigenvalue weighted by Gasteiger charge is -2.07. The van der Waals surface area contributed by atoms with Crippen molar-refractivity contribution in [2.75, 3.05) is 0 Å². The molecule has 6 nitrogen and oxygen atoms in total. The minimum Gasteiger partial charge on any atom is -0.294 e. The molecule has 0 amide bonds. The normalized spacial score (nSPS) is 11.3. The highest BCUT2D eigenvalue weighted by Gasteiger charge is 2.19. The molecule has 0 fully saturated rings. The molecule has 0 radical (unpaired) electrons. The molecule has 2 rings (SSSR count). The molecule has 98 valence electrons. The van der Waals surface area contributed by atoms with Crippen molar-refractivity contribution < 1.29 is 0 Å². The van der Waals surface area contributed by atoms with Gasteiger partial charge in [0.05, 0.1) is 0 Å². The zero-order valence-corrected chi connectivity index (χ0v) is 11.8. The topological polar surface area (TPSA) is 61.8 Å². The summed E-state index contributed by atoms with van der Waals surface area (Å²) in [6.07, 6.45) is 0. The van der Waals surface area contributed by atoms with Crippen LogP contribution in [0.1, 0.15) is 0 Å². The van der Waals surface area contributed by atoms with Crippen LogP contribution in [0.25, 0.3) is 11.2 Å². The van der Waals surface area contributed by atoms with E-state index in [4.69, 9.17) is 46.4 Å². The fourth-order valence-corrected chi connectivity index (χ4v) is 2.53. The Labute approximate surface area is 120 Å². The SMILES string of the molecule is O=c1c2c(nc(Cl)n2CCl)n(CCl)c(=O)n1CCl. The van der Waals surface area contributed by atoms with Crippen LogP contribution in [0.4, 0.5) is 0 Å². The predicted octanol–water partition coefficient (Wildman–Crippen LogP) is 1.60. The summed E-state index contributed by atoms with van der Waals surface area (Å²) in [6.45, 7) is 0. The van der Waals surface area contributed by atoms with E-state index in [0.717, 1.165) is 9.13 Å². The van der Waals surface area contributed by atoms with Gasteiger partial charge in [-0.1, -0.05) is 0 Å². The lowest BCUT2D eigenvalue weighted by molar-refractivity contribution is 0.682. The quantitative estimate of drug-likeness (QED) is 0.634. The largest absolute Gasteiger partial charge is 0.334 e. The standard InChI is InChI=1S/C8H6Cl4N4O2/c9-1-14-4-5(13-7(14)12)15(2-10)8(18)16(3-11)6(4)17/h1-3H2. The number of rotatable bonds is 3. The maximum Gasteiger partial charge on any atom is 0.334 e. The Balaban J connectivity index is 3.09. The minimum atomic E-state index is -0.645. The van der Waals surface area contributed by atoms with Gasteiger partial charge in [-0.3, -0.25) is 13.9 Å². The molecule has 0 spiro atoms. The number of halogens is 4. The van der Waals surface area contributed by atoms with E-state index in [0.29, 0.717) is 0 Å². The molecule has 0 bridgehead atoms. The van der Waals surface area contributed by atoms with Gasteiger partial charge in [0.2, 0.25) is 5.28 Å². The van der Waals surface area contributed by atoms with Gasteiger partial charge in [0, 0.05) is 0 Å². The second-order valence-corrected chi connectivity index (χ2v) is 4.34. The van der Waals surface area contributed by atoms with Crippen LogP contribution in [-0.2, 0) is 18.0 Å². The summed E-state index contributed by atoms with van der Waals surface area (Å²) in [5, 5.41) is 0.00249. The van der Waals surface area contributed by atoms with Gasteiger partial charge in [-0.25, -0.2) is 9.36 Å². The molecule has 18 heavy (non-hydrogen) atoms. The van der Waals surface area contributed by atoms with Crippen LogP contribution in [-0.4, -0.2) is 18.7 Å². The highest BCUT2D eigenvalue weighted by molar-refractivity contribution is 6.29. The predicted molar refractivity (Wildman–Crippen MR) is 70.8 cm³/mol. The van der Waals surface area contributed by atoms with Crippen LogP contribution >= 0.6 is 46.4 Å². The van der Waals surface area contributed by atoms with E-state index in [1.165, 1.54) is 4.57 Å². The van der Waals surface area contributed by atoms with Crippen molar-refractivity contribution in [1.82, 2.24) is 18.7 Å². The maximum absolute atomic E-state index is 12.1. The minimum absolute atomic E-state index is 0.00249. The highest BCUT2D eigenvalue weighted by atomic mass is 35.5. The van der Waals surface area contributed by atoms with Crippen LogP contribution in [0.15, 0.2) is 9.59 Å². The summed E-state index contributed by atoms with van der Waals surface area (Å²) in [6, 6.07) is -0.551. The first-order chi connectivity index (χ1) is 8.56. The molecule has 0 unspecified atom stereocenters. The van der Waals surface area contributed by atoms with E-state index in [2.05, 4.69) is 4.98 Å². The monoisotopic (exact) mass is 330 g/mol. The molecule has 2 aromatic heterocycles. The molecule has 0 N–H and O–H groups in total. The van der Waals surface area contributed by atoms with Crippen molar-refractivity contribution in [3.05, 3.63) is 26.1 Å². The third-order valence-electron chi connectivity index (χ3n) is 2.43. The molecule has 2 heterocycles. The average molecular weight is 332 g/mol. The number of nitrogens with zero attached hydrogens (tertiary/aromatic N) is 4. The van der Waals surface area contributed by atoms with Gasteiger partial charge in [-0.2, -0.15) is 4.98 Å². The second-order valence-electron chi connectivity index (χ2n) is 3.28. The Hall–Kier alpha value is -0.690. The first kappa shape index (κ1) is 13.7. The Morgan fingerprint density at radius 1 is 0.944 bits per heavy atom. The first-order valence-electron chi connectivity index (χ1n) is 4.64. The number of hydrogen-bond acceptors (Lipinski definition) is 3. The van der Waals surface area contributed by atoms with E-state index < -0.39 is 11.2 Å². The number of fused-ring (bicyclic) bond motifs is 1. The van der Waals surface area contributed by atoms with Gasteiger partial charge < -0.3 is 0 Å². The highest BCUT2D eigenvalue weighted by Crippen LogP contribution is 2.17. The molecule has 0 aliphatic heterocycles. The Kier molecular flexibility index (Phi) is 3.91. The van der Waals surface area contributed by atoms with Gasteiger partial charge >= 0.3 is 5.69 Å². The number of hydrogen-bond donors (Lipinski definition) is 0. The summed E-state index contributed by atoms with van der Waals surface area (Å²) in [4.78, 5) is 27.9. The van der Waals surface area contributed by atoms with Gasteiger partial charge in [0.25, 0.3) is 5.56 Å². The molecule has 0 aromatic carbocycles. The molecule has 0 atom stereocenters. The molecule has 10 heteroatoms. The summed E-state index contributed by atoms with van der Waals surface area (Å²) in [7, 11) is 0. The van der Waals surface area contributed by atoms with Crippen molar-refractivity contribution in [3.63, 3.8) is 0 Å². The number of aromatic nitrogens is 4. The van der Waals surface area contributed by atoms with Gasteiger partial charge in [0.15, 0.2) is 11.2 Å². The fraction of sp³-hybridized carbons (Fsp3) is 0.375. The van der Waals surface area contributed by atoms with Crippen molar-refractivity contribution in [2.45, 2.75) is 18.0 Å². The number of imidazole rings is 1. The summed E-state index contributed by atoms with van der Waals surface area (Å²) < 4.78 is 3.19. The Bertz CT molecular complexity index is 716. The Morgan fingerprint density at radius 2 is 1.50 bits per heavy atom. The van der Waals surface area contributed by atoms with E-state index in [9.17, 15) is 9.59 Å². The lowest BCUT2D eigenvalue weighted by Crippen LogP contribution is -2.39. The van der Waals surface area contributed by atoms with Gasteiger partial charge in [0.1, 0.15) is 18.0 Å². The first-order valence-corrected chi connectivity index (χ1v) is 6.62. The zero-order valence-electron chi connectivity index (χ0n) is 8.74. The van der Waals surface area contributed by atoms with Crippen molar-refractivity contribution in [2.24, 2.45) is 0 Å². The van der Waals surface area contributed by atoms with Crippen molar-refractivity contribution in [1.29, 1.82) is 0 Å². The van der Waals surface area contributed by atoms with E-state index >= 15 is 0 Å². The van der Waals surface area contributed by atoms with Gasteiger partial charge in [-0.05, 0) is 11.6 Å². The van der Waals surface area contributed by atoms with Crippen LogP contribution in [0.5, 0.6) is 0 Å². The molecule has 0 saturated heterocycles. The molecular weight excluding hydrogens is 326 g/mol. The van der Waals surface area contributed by atoms with Crippen LogP contribution < -0.4 is 11.2 Å². The second kappa shape index (κ2) is 5.13. The summed E-state index contributed by atoms with van der Waals surface area (Å²) in [5.41, 5.74) is -1.07. The van der Waals surface area contributed by atoms with E-state index in [-0.39, 0.29) is 34.5 Å². The molecule has 0 aliphatic rings. The average Bonchev–Trinajstić information content (AvgIpc) is 2.67. The summed E-state index contributed by atoms with van der Waals surface area (Å²) in [5.74, 6) is 0. The number of alkyl halides is 3. The third-order valence-corrected chi connectivity index (χ3v) is 3.43. The van der Waals surface area contributed by atoms with Crippen LogP contribution in [0, 0.1) is 0 Å². The van der Waals surface area contributed by atoms with E-state index in [1.54, 1.807) is 0 Å². The molecule has 0 saturated carbocycles. The molecule has 0 aliphatic carbocycles. The fourth-order valence-electron chi connectivity index (χ4n) is 1.59. The molecule has 2 aromatic rings. The lowest BCUT2D eigenvalue weighted by atomic mass is 10.5. The van der Waals surface area contributed by atoms with Crippen molar-refractivity contribution >= 4 is 57.6 Å². The smallest absolute Gasteiger partial charge is 0.294 e. The Morgan fingerprint density at radius 3 is 2.00 bits per heavy atom. The maximum atomic E-state index is 12.1. The van der Waals surface area contributed by atoms with Gasteiger partial charge in [-0.15, -0.1) is 34.8 Å². The third kappa shape index (κ3) is 1.84. The molecular formula is C8H6Cl4N4O2. The summed E-state index contributed by atoms with van der Waals surface area (Å²) >= 11 is 22.8. The van der Waals surface area contributed by atoms with E-state index in [1.807, 2.05) is 0 Å². The van der Waals surface area contributed by atoms with Crippen LogP contribution in [0.3, 0.4) is 0 Å². The zero-order chi connectivity index (χ0) is 13.4. The van der Waals surface area contributed by atoms with Crippen molar-refractivity contribution in [3.8, 4) is 0 Å². The van der Waals surface area contributed by atoms with Crippen LogP contribution in [0.2, 0.25) is 5.28 Å².